The Bertz CT molecular complexity index is 246. The number of benzene rings is 1. The second kappa shape index (κ2) is 6.05. The fraction of sp³-hybridized carbons (Fsp3) is 0.500. The van der Waals surface area contributed by atoms with Crippen molar-refractivity contribution < 1.29 is 4.74 Å². The van der Waals surface area contributed by atoms with Gasteiger partial charge in [0.05, 0.1) is 12.7 Å². The minimum atomic E-state index is 0.181. The number of hydrogen-bond acceptors (Lipinski definition) is 1. The molecule has 0 saturated heterocycles. The van der Waals surface area contributed by atoms with Gasteiger partial charge >= 0.3 is 0 Å². The van der Waals surface area contributed by atoms with Crippen molar-refractivity contribution in [2.24, 2.45) is 0 Å². The van der Waals surface area contributed by atoms with E-state index in [1.165, 1.54) is 5.56 Å². The van der Waals surface area contributed by atoms with Crippen LogP contribution in [-0.2, 0) is 11.3 Å². The highest BCUT2D eigenvalue weighted by molar-refractivity contribution is 6.20. The van der Waals surface area contributed by atoms with E-state index in [1.807, 2.05) is 25.1 Å². The second-order valence-corrected chi connectivity index (χ2v) is 4.37. The molecule has 0 aromatic heterocycles. The first-order chi connectivity index (χ1) is 6.68. The number of halogens is 1. The monoisotopic (exact) mass is 212 g/mol. The molecule has 0 N–H and O–H groups in total. The maximum absolute atomic E-state index is 5.87. The molecule has 78 valence electrons. The van der Waals surface area contributed by atoms with Crippen LogP contribution >= 0.6 is 11.6 Å². The molecule has 0 fully saturated rings. The van der Waals surface area contributed by atoms with Crippen LogP contribution in [0.4, 0.5) is 0 Å². The van der Waals surface area contributed by atoms with E-state index < -0.39 is 0 Å². The number of rotatable bonds is 5. The summed E-state index contributed by atoms with van der Waals surface area (Å²) in [4.78, 5) is 0. The third kappa shape index (κ3) is 4.64. The van der Waals surface area contributed by atoms with Crippen LogP contribution in [0.2, 0.25) is 0 Å². The van der Waals surface area contributed by atoms with Crippen molar-refractivity contribution in [3.8, 4) is 0 Å². The Morgan fingerprint density at radius 1 is 1.21 bits per heavy atom. The zero-order valence-corrected chi connectivity index (χ0v) is 9.50. The summed E-state index contributed by atoms with van der Waals surface area (Å²) in [5, 5.41) is 0.181. The predicted molar refractivity (Wildman–Crippen MR) is 60.6 cm³/mol. The van der Waals surface area contributed by atoms with E-state index in [1.54, 1.807) is 0 Å². The molecule has 14 heavy (non-hydrogen) atoms. The molecule has 0 radical (unpaired) electrons. The van der Waals surface area contributed by atoms with Gasteiger partial charge in [-0.2, -0.15) is 0 Å². The van der Waals surface area contributed by atoms with Crippen LogP contribution in [0.3, 0.4) is 0 Å². The van der Waals surface area contributed by atoms with Crippen molar-refractivity contribution >= 4 is 11.6 Å². The topological polar surface area (TPSA) is 9.23 Å². The predicted octanol–water partition coefficient (Wildman–Crippen LogP) is 3.61. The van der Waals surface area contributed by atoms with Crippen molar-refractivity contribution in [3.63, 3.8) is 0 Å². The van der Waals surface area contributed by atoms with Gasteiger partial charge in [0.1, 0.15) is 0 Å². The van der Waals surface area contributed by atoms with Gasteiger partial charge in [-0.1, -0.05) is 30.3 Å². The Kier molecular flexibility index (Phi) is 4.99. The summed E-state index contributed by atoms with van der Waals surface area (Å²) in [5.74, 6) is 0. The van der Waals surface area contributed by atoms with Gasteiger partial charge in [0.2, 0.25) is 0 Å². The van der Waals surface area contributed by atoms with Crippen molar-refractivity contribution in [3.05, 3.63) is 35.9 Å². The normalized spacial score (nSPS) is 15.1. The number of hydrogen-bond donors (Lipinski definition) is 0. The highest BCUT2D eigenvalue weighted by Crippen LogP contribution is 2.10. The Labute approximate surface area is 91.0 Å². The zero-order chi connectivity index (χ0) is 10.4. The third-order valence-corrected chi connectivity index (χ3v) is 2.21. The van der Waals surface area contributed by atoms with Gasteiger partial charge in [0, 0.05) is 5.38 Å². The van der Waals surface area contributed by atoms with Crippen LogP contribution in [0.1, 0.15) is 25.8 Å². The molecule has 2 heteroatoms. The van der Waals surface area contributed by atoms with Gasteiger partial charge in [0.25, 0.3) is 0 Å². The molecule has 1 nitrogen and oxygen atoms in total. The first-order valence-electron chi connectivity index (χ1n) is 4.98. The minimum absolute atomic E-state index is 0.181. The van der Waals surface area contributed by atoms with Gasteiger partial charge in [-0.25, -0.2) is 0 Å². The van der Waals surface area contributed by atoms with Crippen LogP contribution in [0, 0.1) is 0 Å². The smallest absolute Gasteiger partial charge is 0.0720 e. The fourth-order valence-corrected chi connectivity index (χ4v) is 1.59. The first-order valence-corrected chi connectivity index (χ1v) is 5.41. The Hall–Kier alpha value is -0.530. The Balaban J connectivity index is 2.27. The van der Waals surface area contributed by atoms with Crippen LogP contribution in [0.15, 0.2) is 30.3 Å². The average molecular weight is 213 g/mol. The van der Waals surface area contributed by atoms with Gasteiger partial charge in [-0.15, -0.1) is 11.6 Å². The fourth-order valence-electron chi connectivity index (χ4n) is 1.34. The SMILES string of the molecule is C[C@H](C[C@@H](C)Cl)OCc1ccccc1. The van der Waals surface area contributed by atoms with E-state index in [9.17, 15) is 0 Å². The van der Waals surface area contributed by atoms with Crippen molar-refractivity contribution in [1.29, 1.82) is 0 Å². The van der Waals surface area contributed by atoms with Crippen LogP contribution in [0.5, 0.6) is 0 Å². The summed E-state index contributed by atoms with van der Waals surface area (Å²) in [6.45, 7) is 4.72. The molecule has 2 atom stereocenters. The summed E-state index contributed by atoms with van der Waals surface area (Å²) in [7, 11) is 0. The molecular weight excluding hydrogens is 196 g/mol. The average Bonchev–Trinajstić information content (AvgIpc) is 2.15. The molecule has 0 amide bonds. The maximum Gasteiger partial charge on any atom is 0.0720 e. The summed E-state index contributed by atoms with van der Waals surface area (Å²) in [5.41, 5.74) is 1.21. The van der Waals surface area contributed by atoms with Gasteiger partial charge in [0.15, 0.2) is 0 Å². The molecule has 1 aromatic rings. The number of ether oxygens (including phenoxy) is 1. The van der Waals surface area contributed by atoms with Crippen molar-refractivity contribution in [1.82, 2.24) is 0 Å². The lowest BCUT2D eigenvalue weighted by molar-refractivity contribution is 0.0478. The summed E-state index contributed by atoms with van der Waals surface area (Å²) >= 11 is 5.87. The van der Waals surface area contributed by atoms with Crippen LogP contribution < -0.4 is 0 Å². The van der Waals surface area contributed by atoms with Gasteiger partial charge in [-0.05, 0) is 25.8 Å². The minimum Gasteiger partial charge on any atom is -0.374 e. The van der Waals surface area contributed by atoms with E-state index in [-0.39, 0.29) is 11.5 Å². The van der Waals surface area contributed by atoms with Crippen molar-refractivity contribution in [2.75, 3.05) is 0 Å². The molecule has 0 unspecified atom stereocenters. The lowest BCUT2D eigenvalue weighted by Gasteiger charge is -2.14. The molecule has 0 spiro atoms. The standard InChI is InChI=1S/C12H17ClO/c1-10(13)8-11(2)14-9-12-6-4-3-5-7-12/h3-7,10-11H,8-9H2,1-2H3/t10-,11-/m1/s1. The third-order valence-electron chi connectivity index (χ3n) is 2.03. The molecule has 0 aliphatic heterocycles. The van der Waals surface area contributed by atoms with Crippen molar-refractivity contribution in [2.45, 2.75) is 38.4 Å². The lowest BCUT2D eigenvalue weighted by atomic mass is 10.2. The summed E-state index contributed by atoms with van der Waals surface area (Å²) < 4.78 is 5.65. The molecular formula is C12H17ClO. The molecule has 0 heterocycles. The summed E-state index contributed by atoms with van der Waals surface area (Å²) in [6, 6.07) is 10.2. The number of alkyl halides is 1. The summed E-state index contributed by atoms with van der Waals surface area (Å²) in [6.07, 6.45) is 1.12. The molecule has 1 rings (SSSR count). The zero-order valence-electron chi connectivity index (χ0n) is 8.74. The Morgan fingerprint density at radius 3 is 2.43 bits per heavy atom. The van der Waals surface area contributed by atoms with E-state index >= 15 is 0 Å². The van der Waals surface area contributed by atoms with E-state index in [2.05, 4.69) is 19.1 Å². The van der Waals surface area contributed by atoms with Crippen LogP contribution in [0.25, 0.3) is 0 Å². The largest absolute Gasteiger partial charge is 0.374 e. The molecule has 0 bridgehead atoms. The van der Waals surface area contributed by atoms with E-state index in [0.29, 0.717) is 6.61 Å². The van der Waals surface area contributed by atoms with Crippen LogP contribution in [-0.4, -0.2) is 11.5 Å². The lowest BCUT2D eigenvalue weighted by Crippen LogP contribution is -2.12. The highest BCUT2D eigenvalue weighted by atomic mass is 35.5. The molecule has 1 aromatic carbocycles. The van der Waals surface area contributed by atoms with Gasteiger partial charge in [-0.3, -0.25) is 0 Å². The van der Waals surface area contributed by atoms with Gasteiger partial charge < -0.3 is 4.74 Å². The van der Waals surface area contributed by atoms with E-state index in [0.717, 1.165) is 6.42 Å². The quantitative estimate of drug-likeness (QED) is 0.678. The first kappa shape index (κ1) is 11.5. The second-order valence-electron chi connectivity index (χ2n) is 3.62. The van der Waals surface area contributed by atoms with E-state index in [4.69, 9.17) is 16.3 Å². The maximum atomic E-state index is 5.87. The Morgan fingerprint density at radius 2 is 1.86 bits per heavy atom. The molecule has 0 aliphatic carbocycles. The molecule has 0 aliphatic rings. The highest BCUT2D eigenvalue weighted by Gasteiger charge is 2.06. The molecule has 0 saturated carbocycles.